The standard InChI is InChI=1S/C24H22N2O5/c1-16(23(28)25-26-24(29)18-6-4-3-5-7-18)31-22(27)13-9-17-8-10-20-15-21(30-2)12-11-19(20)14-17/h3-16H,1-2H3,(H,25,28)(H,26,29)/b13-9+/t16-/m1/s1. The molecule has 158 valence electrons. The van der Waals surface area contributed by atoms with E-state index in [-0.39, 0.29) is 0 Å². The van der Waals surface area contributed by atoms with Crippen LogP contribution in [0.5, 0.6) is 5.75 Å². The van der Waals surface area contributed by atoms with Crippen LogP contribution < -0.4 is 15.6 Å². The monoisotopic (exact) mass is 418 g/mol. The zero-order valence-corrected chi connectivity index (χ0v) is 17.1. The van der Waals surface area contributed by atoms with Crippen molar-refractivity contribution in [3.63, 3.8) is 0 Å². The van der Waals surface area contributed by atoms with Crippen molar-refractivity contribution in [1.82, 2.24) is 10.9 Å². The van der Waals surface area contributed by atoms with E-state index in [9.17, 15) is 14.4 Å². The molecule has 1 atom stereocenters. The molecule has 0 saturated heterocycles. The van der Waals surface area contributed by atoms with Gasteiger partial charge in [0, 0.05) is 11.6 Å². The first kappa shape index (κ1) is 21.6. The van der Waals surface area contributed by atoms with Crippen LogP contribution in [0.3, 0.4) is 0 Å². The molecule has 0 aliphatic heterocycles. The Bertz CT molecular complexity index is 1130. The van der Waals surface area contributed by atoms with Crippen LogP contribution in [0.2, 0.25) is 0 Å². The molecule has 0 bridgehead atoms. The van der Waals surface area contributed by atoms with Gasteiger partial charge in [0.1, 0.15) is 5.75 Å². The second kappa shape index (κ2) is 10.1. The minimum absolute atomic E-state index is 0.393. The van der Waals surface area contributed by atoms with E-state index in [1.807, 2.05) is 36.4 Å². The molecule has 0 fully saturated rings. The maximum Gasteiger partial charge on any atom is 0.331 e. The number of hydrazine groups is 1. The number of fused-ring (bicyclic) bond motifs is 1. The van der Waals surface area contributed by atoms with Gasteiger partial charge in [-0.25, -0.2) is 4.79 Å². The summed E-state index contributed by atoms with van der Waals surface area (Å²) in [4.78, 5) is 36.0. The van der Waals surface area contributed by atoms with Crippen LogP contribution in [0.4, 0.5) is 0 Å². The molecular formula is C24H22N2O5. The molecule has 0 spiro atoms. The van der Waals surface area contributed by atoms with E-state index in [0.29, 0.717) is 5.56 Å². The van der Waals surface area contributed by atoms with Crippen molar-refractivity contribution in [2.24, 2.45) is 0 Å². The van der Waals surface area contributed by atoms with Gasteiger partial charge in [0.05, 0.1) is 7.11 Å². The van der Waals surface area contributed by atoms with E-state index >= 15 is 0 Å². The minimum Gasteiger partial charge on any atom is -0.497 e. The van der Waals surface area contributed by atoms with E-state index in [1.165, 1.54) is 13.0 Å². The lowest BCUT2D eigenvalue weighted by Gasteiger charge is -2.13. The average molecular weight is 418 g/mol. The molecule has 3 rings (SSSR count). The summed E-state index contributed by atoms with van der Waals surface area (Å²) in [6, 6.07) is 19.8. The van der Waals surface area contributed by atoms with Crippen LogP contribution in [-0.2, 0) is 14.3 Å². The van der Waals surface area contributed by atoms with Crippen LogP contribution in [0.25, 0.3) is 16.8 Å². The van der Waals surface area contributed by atoms with Crippen LogP contribution in [-0.4, -0.2) is 31.0 Å². The summed E-state index contributed by atoms with van der Waals surface area (Å²) in [5, 5.41) is 2.01. The molecule has 0 aliphatic carbocycles. The van der Waals surface area contributed by atoms with Crippen molar-refractivity contribution >= 4 is 34.6 Å². The van der Waals surface area contributed by atoms with Crippen molar-refractivity contribution in [1.29, 1.82) is 0 Å². The molecule has 7 heteroatoms. The number of amides is 2. The number of esters is 1. The first-order valence-electron chi connectivity index (χ1n) is 9.58. The van der Waals surface area contributed by atoms with Gasteiger partial charge < -0.3 is 9.47 Å². The number of rotatable bonds is 6. The van der Waals surface area contributed by atoms with Crippen molar-refractivity contribution in [2.75, 3.05) is 7.11 Å². The molecule has 0 heterocycles. The number of hydrogen-bond donors (Lipinski definition) is 2. The van der Waals surface area contributed by atoms with Gasteiger partial charge in [-0.3, -0.25) is 20.4 Å². The molecule has 31 heavy (non-hydrogen) atoms. The smallest absolute Gasteiger partial charge is 0.331 e. The third kappa shape index (κ3) is 5.93. The quantitative estimate of drug-likeness (QED) is 0.364. The predicted octanol–water partition coefficient (Wildman–Crippen LogP) is 3.25. The Hall–Kier alpha value is -4.13. The number of hydrogen-bond acceptors (Lipinski definition) is 5. The molecule has 0 saturated carbocycles. The summed E-state index contributed by atoms with van der Waals surface area (Å²) in [5.41, 5.74) is 5.72. The Morgan fingerprint density at radius 3 is 2.35 bits per heavy atom. The molecule has 0 aromatic heterocycles. The zero-order chi connectivity index (χ0) is 22.2. The van der Waals surface area contributed by atoms with Crippen LogP contribution >= 0.6 is 0 Å². The zero-order valence-electron chi connectivity index (χ0n) is 17.1. The minimum atomic E-state index is -1.09. The number of ether oxygens (including phenoxy) is 2. The first-order valence-corrected chi connectivity index (χ1v) is 9.58. The van der Waals surface area contributed by atoms with Crippen LogP contribution in [0.15, 0.2) is 72.8 Å². The van der Waals surface area contributed by atoms with Crippen molar-refractivity contribution < 1.29 is 23.9 Å². The predicted molar refractivity (Wildman–Crippen MR) is 117 cm³/mol. The lowest BCUT2D eigenvalue weighted by molar-refractivity contribution is -0.150. The number of nitrogens with one attached hydrogen (secondary N) is 2. The summed E-state index contributed by atoms with van der Waals surface area (Å²) >= 11 is 0. The Morgan fingerprint density at radius 1 is 0.903 bits per heavy atom. The Balaban J connectivity index is 1.52. The molecule has 3 aromatic rings. The number of methoxy groups -OCH3 is 1. The molecule has 0 unspecified atom stereocenters. The van der Waals surface area contributed by atoms with Gasteiger partial charge >= 0.3 is 5.97 Å². The highest BCUT2D eigenvalue weighted by molar-refractivity contribution is 5.96. The normalized spacial score (nSPS) is 11.7. The number of carbonyl (C=O) groups excluding carboxylic acids is 3. The molecule has 2 N–H and O–H groups in total. The highest BCUT2D eigenvalue weighted by atomic mass is 16.5. The first-order chi connectivity index (χ1) is 15.0. The number of benzene rings is 3. The van der Waals surface area contributed by atoms with Crippen molar-refractivity contribution in [3.05, 3.63) is 83.9 Å². The fourth-order valence-electron chi connectivity index (χ4n) is 2.79. The van der Waals surface area contributed by atoms with E-state index in [2.05, 4.69) is 10.9 Å². The van der Waals surface area contributed by atoms with Crippen LogP contribution in [0.1, 0.15) is 22.8 Å². The van der Waals surface area contributed by atoms with E-state index in [4.69, 9.17) is 9.47 Å². The van der Waals surface area contributed by atoms with Crippen molar-refractivity contribution in [3.8, 4) is 5.75 Å². The summed E-state index contributed by atoms with van der Waals surface area (Å²) in [7, 11) is 1.61. The summed E-state index contributed by atoms with van der Waals surface area (Å²) in [6.45, 7) is 1.42. The van der Waals surface area contributed by atoms with Gasteiger partial charge in [-0.05, 0) is 59.7 Å². The molecule has 0 aliphatic rings. The lowest BCUT2D eigenvalue weighted by atomic mass is 10.1. The number of carbonyl (C=O) groups is 3. The van der Waals surface area contributed by atoms with E-state index in [0.717, 1.165) is 22.1 Å². The second-order valence-corrected chi connectivity index (χ2v) is 6.69. The average Bonchev–Trinajstić information content (AvgIpc) is 2.80. The van der Waals surface area contributed by atoms with Crippen LogP contribution in [0, 0.1) is 0 Å². The maximum absolute atomic E-state index is 12.0. The summed E-state index contributed by atoms with van der Waals surface area (Å²) in [5.74, 6) is -1.02. The van der Waals surface area contributed by atoms with Crippen molar-refractivity contribution in [2.45, 2.75) is 13.0 Å². The summed E-state index contributed by atoms with van der Waals surface area (Å²) in [6.07, 6.45) is 1.77. The fourth-order valence-corrected chi connectivity index (χ4v) is 2.79. The van der Waals surface area contributed by atoms with Gasteiger partial charge in [0.2, 0.25) is 0 Å². The highest BCUT2D eigenvalue weighted by Gasteiger charge is 2.17. The van der Waals surface area contributed by atoms with Gasteiger partial charge in [-0.1, -0.05) is 36.4 Å². The molecule has 7 nitrogen and oxygen atoms in total. The fraction of sp³-hybridized carbons (Fsp3) is 0.125. The third-order valence-electron chi connectivity index (χ3n) is 4.48. The second-order valence-electron chi connectivity index (χ2n) is 6.69. The van der Waals surface area contributed by atoms with Gasteiger partial charge in [-0.15, -0.1) is 0 Å². The topological polar surface area (TPSA) is 93.7 Å². The highest BCUT2D eigenvalue weighted by Crippen LogP contribution is 2.22. The molecule has 3 aromatic carbocycles. The SMILES string of the molecule is COc1ccc2cc(/C=C/C(=O)O[C@H](C)C(=O)NNC(=O)c3ccccc3)ccc2c1. The van der Waals surface area contributed by atoms with Gasteiger partial charge in [0.15, 0.2) is 6.10 Å². The third-order valence-corrected chi connectivity index (χ3v) is 4.48. The Kier molecular flexibility index (Phi) is 7.01. The molecular weight excluding hydrogens is 396 g/mol. The Labute approximate surface area is 179 Å². The van der Waals surface area contributed by atoms with E-state index in [1.54, 1.807) is 43.5 Å². The largest absolute Gasteiger partial charge is 0.497 e. The van der Waals surface area contributed by atoms with Gasteiger partial charge in [-0.2, -0.15) is 0 Å². The van der Waals surface area contributed by atoms with Gasteiger partial charge in [0.25, 0.3) is 11.8 Å². The molecule has 2 amide bonds. The lowest BCUT2D eigenvalue weighted by Crippen LogP contribution is -2.46. The maximum atomic E-state index is 12.0. The molecule has 0 radical (unpaired) electrons. The van der Waals surface area contributed by atoms with E-state index < -0.39 is 23.9 Å². The summed E-state index contributed by atoms with van der Waals surface area (Å²) < 4.78 is 10.3. The Morgan fingerprint density at radius 2 is 1.61 bits per heavy atom.